The van der Waals surface area contributed by atoms with Crippen molar-refractivity contribution in [2.45, 2.75) is 13.3 Å². The molecule has 0 radical (unpaired) electrons. The van der Waals surface area contributed by atoms with Gasteiger partial charge in [-0.1, -0.05) is 11.6 Å². The van der Waals surface area contributed by atoms with E-state index >= 15 is 0 Å². The molecule has 6 heteroatoms. The summed E-state index contributed by atoms with van der Waals surface area (Å²) in [5, 5.41) is 0.451. The molecule has 2 rings (SSSR count). The third-order valence-electron chi connectivity index (χ3n) is 2.89. The van der Waals surface area contributed by atoms with Gasteiger partial charge in [-0.05, 0) is 13.3 Å². The van der Waals surface area contributed by atoms with Crippen molar-refractivity contribution in [1.82, 2.24) is 9.97 Å². The van der Waals surface area contributed by atoms with Gasteiger partial charge in [0.2, 0.25) is 5.91 Å². The van der Waals surface area contributed by atoms with E-state index in [2.05, 4.69) is 9.97 Å². The molecule has 1 atom stereocenters. The first-order chi connectivity index (χ1) is 7.59. The molecule has 1 aromatic rings. The second kappa shape index (κ2) is 4.25. The van der Waals surface area contributed by atoms with E-state index in [1.54, 1.807) is 0 Å². The molecule has 1 aliphatic heterocycles. The summed E-state index contributed by atoms with van der Waals surface area (Å²) in [4.78, 5) is 21.2. The Morgan fingerprint density at radius 2 is 2.38 bits per heavy atom. The van der Waals surface area contributed by atoms with Gasteiger partial charge in [-0.3, -0.25) is 4.79 Å². The Morgan fingerprint density at radius 1 is 1.62 bits per heavy atom. The van der Waals surface area contributed by atoms with Crippen molar-refractivity contribution in [2.75, 3.05) is 18.0 Å². The number of carbonyl (C=O) groups excluding carboxylic acids is 1. The largest absolute Gasteiger partial charge is 0.369 e. The molecule has 2 heterocycles. The molecule has 1 saturated heterocycles. The van der Waals surface area contributed by atoms with E-state index in [9.17, 15) is 4.79 Å². The molecule has 5 nitrogen and oxygen atoms in total. The summed E-state index contributed by atoms with van der Waals surface area (Å²) in [7, 11) is 0. The minimum Gasteiger partial charge on any atom is -0.369 e. The number of nitrogens with zero attached hydrogens (tertiary/aromatic N) is 3. The summed E-state index contributed by atoms with van der Waals surface area (Å²) in [6.07, 6.45) is 2.21. The Hall–Kier alpha value is -1.36. The maximum absolute atomic E-state index is 11.1. The molecule has 0 spiro atoms. The first-order valence-corrected chi connectivity index (χ1v) is 5.48. The molecule has 1 aromatic heterocycles. The minimum absolute atomic E-state index is 0.0897. The van der Waals surface area contributed by atoms with Crippen molar-refractivity contribution in [3.63, 3.8) is 0 Å². The first kappa shape index (κ1) is 11.1. The molecule has 1 fully saturated rings. The van der Waals surface area contributed by atoms with Crippen LogP contribution in [0.15, 0.2) is 6.33 Å². The van der Waals surface area contributed by atoms with Gasteiger partial charge in [-0.15, -0.1) is 0 Å². The van der Waals surface area contributed by atoms with E-state index in [1.165, 1.54) is 6.33 Å². The Bertz CT molecular complexity index is 423. The van der Waals surface area contributed by atoms with Crippen molar-refractivity contribution >= 4 is 23.3 Å². The highest BCUT2D eigenvalue weighted by molar-refractivity contribution is 6.30. The van der Waals surface area contributed by atoms with Crippen LogP contribution in [0, 0.1) is 12.8 Å². The molecule has 0 aliphatic carbocycles. The van der Waals surface area contributed by atoms with Gasteiger partial charge in [0.05, 0.1) is 5.92 Å². The zero-order chi connectivity index (χ0) is 11.7. The predicted molar refractivity (Wildman–Crippen MR) is 61.3 cm³/mol. The molecule has 1 aliphatic rings. The van der Waals surface area contributed by atoms with Crippen LogP contribution >= 0.6 is 11.6 Å². The third kappa shape index (κ3) is 1.95. The van der Waals surface area contributed by atoms with Crippen LogP contribution in [0.25, 0.3) is 0 Å². The van der Waals surface area contributed by atoms with Crippen LogP contribution < -0.4 is 10.6 Å². The molecular weight excluding hydrogens is 228 g/mol. The fourth-order valence-electron chi connectivity index (χ4n) is 1.92. The maximum atomic E-state index is 11.1. The van der Waals surface area contributed by atoms with Gasteiger partial charge in [0, 0.05) is 18.7 Å². The number of amides is 1. The maximum Gasteiger partial charge on any atom is 0.222 e. The van der Waals surface area contributed by atoms with E-state index in [-0.39, 0.29) is 11.8 Å². The number of hydrogen-bond acceptors (Lipinski definition) is 4. The van der Waals surface area contributed by atoms with Crippen LogP contribution in [0.2, 0.25) is 5.15 Å². The molecule has 0 bridgehead atoms. The fourth-order valence-corrected chi connectivity index (χ4v) is 2.05. The summed E-state index contributed by atoms with van der Waals surface area (Å²) in [5.41, 5.74) is 6.12. The molecule has 16 heavy (non-hydrogen) atoms. The summed E-state index contributed by atoms with van der Waals surface area (Å²) < 4.78 is 0. The molecule has 0 saturated carbocycles. The number of carbonyl (C=O) groups is 1. The highest BCUT2D eigenvalue weighted by Crippen LogP contribution is 2.27. The summed E-state index contributed by atoms with van der Waals surface area (Å²) in [5.74, 6) is 0.456. The second-order valence-corrected chi connectivity index (χ2v) is 4.31. The molecular formula is C10H13ClN4O. The van der Waals surface area contributed by atoms with Crippen LogP contribution in [-0.2, 0) is 4.79 Å². The average Bonchev–Trinajstić information content (AvgIpc) is 2.71. The summed E-state index contributed by atoms with van der Waals surface area (Å²) >= 11 is 5.92. The highest BCUT2D eigenvalue weighted by Gasteiger charge is 2.28. The zero-order valence-electron chi connectivity index (χ0n) is 8.98. The Labute approximate surface area is 98.6 Å². The van der Waals surface area contributed by atoms with Gasteiger partial charge in [0.25, 0.3) is 0 Å². The number of nitrogens with two attached hydrogens (primary N) is 1. The molecule has 0 aromatic carbocycles. The number of aromatic nitrogens is 2. The zero-order valence-corrected chi connectivity index (χ0v) is 9.74. The van der Waals surface area contributed by atoms with Crippen LogP contribution in [0.5, 0.6) is 0 Å². The van der Waals surface area contributed by atoms with Gasteiger partial charge in [0.15, 0.2) is 0 Å². The van der Waals surface area contributed by atoms with Gasteiger partial charge < -0.3 is 10.6 Å². The molecule has 1 unspecified atom stereocenters. The van der Waals surface area contributed by atoms with Crippen LogP contribution in [-0.4, -0.2) is 29.0 Å². The predicted octanol–water partition coefficient (Wildman–Crippen LogP) is 0.750. The lowest BCUT2D eigenvalue weighted by atomic mass is 10.1. The number of anilines is 1. The van der Waals surface area contributed by atoms with E-state index in [4.69, 9.17) is 17.3 Å². The smallest absolute Gasteiger partial charge is 0.222 e. The van der Waals surface area contributed by atoms with E-state index in [0.29, 0.717) is 11.7 Å². The van der Waals surface area contributed by atoms with Crippen molar-refractivity contribution < 1.29 is 4.79 Å². The Balaban J connectivity index is 2.21. The SMILES string of the molecule is Cc1c(Cl)ncnc1N1CCC(C(N)=O)C1. The molecule has 86 valence electrons. The van der Waals surface area contributed by atoms with E-state index in [0.717, 1.165) is 24.3 Å². The second-order valence-electron chi connectivity index (χ2n) is 3.95. The normalized spacial score (nSPS) is 20.1. The van der Waals surface area contributed by atoms with Crippen LogP contribution in [0.3, 0.4) is 0 Å². The lowest BCUT2D eigenvalue weighted by Gasteiger charge is -2.18. The monoisotopic (exact) mass is 240 g/mol. The average molecular weight is 241 g/mol. The fraction of sp³-hybridized carbons (Fsp3) is 0.500. The van der Waals surface area contributed by atoms with Crippen LogP contribution in [0.1, 0.15) is 12.0 Å². The van der Waals surface area contributed by atoms with E-state index < -0.39 is 0 Å². The summed E-state index contributed by atoms with van der Waals surface area (Å²) in [6.45, 7) is 3.26. The number of rotatable bonds is 2. The standard InChI is InChI=1S/C10H13ClN4O/c1-6-8(11)13-5-14-10(6)15-3-2-7(4-15)9(12)16/h5,7H,2-4H2,1H3,(H2,12,16). The highest BCUT2D eigenvalue weighted by atomic mass is 35.5. The van der Waals surface area contributed by atoms with Crippen molar-refractivity contribution in [3.05, 3.63) is 17.0 Å². The van der Waals surface area contributed by atoms with E-state index in [1.807, 2.05) is 11.8 Å². The van der Waals surface area contributed by atoms with Gasteiger partial charge in [-0.2, -0.15) is 0 Å². The Morgan fingerprint density at radius 3 is 3.00 bits per heavy atom. The lowest BCUT2D eigenvalue weighted by molar-refractivity contribution is -0.121. The van der Waals surface area contributed by atoms with Gasteiger partial charge >= 0.3 is 0 Å². The number of hydrogen-bond donors (Lipinski definition) is 1. The van der Waals surface area contributed by atoms with Crippen LogP contribution in [0.4, 0.5) is 5.82 Å². The van der Waals surface area contributed by atoms with Gasteiger partial charge in [0.1, 0.15) is 17.3 Å². The molecule has 2 N–H and O–H groups in total. The lowest BCUT2D eigenvalue weighted by Crippen LogP contribution is -2.28. The summed E-state index contributed by atoms with van der Waals surface area (Å²) in [6, 6.07) is 0. The number of primary amides is 1. The molecule has 1 amide bonds. The van der Waals surface area contributed by atoms with Crippen molar-refractivity contribution in [1.29, 1.82) is 0 Å². The Kier molecular flexibility index (Phi) is 2.96. The first-order valence-electron chi connectivity index (χ1n) is 5.11. The quantitative estimate of drug-likeness (QED) is 0.775. The van der Waals surface area contributed by atoms with Gasteiger partial charge in [-0.25, -0.2) is 9.97 Å². The van der Waals surface area contributed by atoms with Crippen molar-refractivity contribution in [3.8, 4) is 0 Å². The topological polar surface area (TPSA) is 72.1 Å². The third-order valence-corrected chi connectivity index (χ3v) is 3.27. The number of halogens is 1. The van der Waals surface area contributed by atoms with Crippen molar-refractivity contribution in [2.24, 2.45) is 11.7 Å². The minimum atomic E-state index is -0.250.